The third-order valence-corrected chi connectivity index (χ3v) is 8.82. The maximum absolute atomic E-state index is 12.9. The van der Waals surface area contributed by atoms with E-state index in [9.17, 15) is 13.2 Å². The summed E-state index contributed by atoms with van der Waals surface area (Å²) in [5, 5.41) is 11.4. The second-order valence-electron chi connectivity index (χ2n) is 9.48. The number of aromatic nitrogens is 2. The molecule has 4 rings (SSSR count). The van der Waals surface area contributed by atoms with E-state index in [-0.39, 0.29) is 27.7 Å². The molecule has 1 aliphatic rings. The Morgan fingerprint density at radius 1 is 1.12 bits per heavy atom. The molecule has 2 amide bonds. The van der Waals surface area contributed by atoms with E-state index in [1.165, 1.54) is 19.4 Å². The van der Waals surface area contributed by atoms with Gasteiger partial charge < -0.3 is 30.7 Å². The lowest BCUT2D eigenvalue weighted by atomic mass is 10.2. The van der Waals surface area contributed by atoms with Gasteiger partial charge in [-0.3, -0.25) is 4.90 Å². The summed E-state index contributed by atoms with van der Waals surface area (Å²) in [6.07, 6.45) is 1.41. The average Bonchev–Trinajstić information content (AvgIpc) is 2.96. The van der Waals surface area contributed by atoms with Crippen LogP contribution in [0.5, 0.6) is 5.75 Å². The molecular weight excluding hydrogens is 570 g/mol. The number of urea groups is 1. The summed E-state index contributed by atoms with van der Waals surface area (Å²) in [6.45, 7) is 7.65. The maximum Gasteiger partial charge on any atom is 0.319 e. The Morgan fingerprint density at radius 3 is 2.61 bits per heavy atom. The Labute approximate surface area is 244 Å². The van der Waals surface area contributed by atoms with E-state index in [0.717, 1.165) is 19.6 Å². The van der Waals surface area contributed by atoms with Crippen LogP contribution in [0.15, 0.2) is 53.6 Å². The summed E-state index contributed by atoms with van der Waals surface area (Å²) >= 11 is 6.34. The standard InChI is InChI=1S/C27H34ClN7O5S/c1-18(2)41(37,38)24-7-5-4-6-22(24)32-25-20(28)17-30-26(34-25)33-21-9-8-19(16-23(21)39-3)31-27(36)29-10-11-35-12-14-40-15-13-35/h4-9,16-18H,10-15H2,1-3H3,(H2,29,31,36)(H2,30,32,33,34). The summed E-state index contributed by atoms with van der Waals surface area (Å²) in [4.78, 5) is 23.4. The lowest BCUT2D eigenvalue weighted by Gasteiger charge is -2.26. The van der Waals surface area contributed by atoms with Crippen molar-refractivity contribution in [2.45, 2.75) is 24.0 Å². The molecule has 0 aliphatic carbocycles. The quantitative estimate of drug-likeness (QED) is 0.251. The lowest BCUT2D eigenvalue weighted by Crippen LogP contribution is -2.42. The Morgan fingerprint density at radius 2 is 1.88 bits per heavy atom. The molecule has 0 spiro atoms. The Balaban J connectivity index is 1.43. The highest BCUT2D eigenvalue weighted by molar-refractivity contribution is 7.92. The minimum absolute atomic E-state index is 0.147. The molecule has 14 heteroatoms. The van der Waals surface area contributed by atoms with Gasteiger partial charge in [0.2, 0.25) is 5.95 Å². The lowest BCUT2D eigenvalue weighted by molar-refractivity contribution is 0.0388. The molecule has 0 bridgehead atoms. The van der Waals surface area contributed by atoms with E-state index in [1.807, 2.05) is 0 Å². The predicted octanol–water partition coefficient (Wildman–Crippen LogP) is 4.26. The number of nitrogens with zero attached hydrogens (tertiary/aromatic N) is 3. The normalized spacial score (nSPS) is 14.0. The molecule has 4 N–H and O–H groups in total. The minimum Gasteiger partial charge on any atom is -0.494 e. The zero-order valence-electron chi connectivity index (χ0n) is 23.1. The summed E-state index contributed by atoms with van der Waals surface area (Å²) in [5.74, 6) is 0.861. The van der Waals surface area contributed by atoms with Crippen molar-refractivity contribution in [3.8, 4) is 5.75 Å². The highest BCUT2D eigenvalue weighted by Crippen LogP contribution is 2.33. The van der Waals surface area contributed by atoms with Crippen LogP contribution in [-0.2, 0) is 14.6 Å². The smallest absolute Gasteiger partial charge is 0.319 e. The molecule has 1 aliphatic heterocycles. The molecule has 12 nitrogen and oxygen atoms in total. The van der Waals surface area contributed by atoms with Gasteiger partial charge in [0.1, 0.15) is 10.8 Å². The number of nitrogens with one attached hydrogen (secondary N) is 4. The van der Waals surface area contributed by atoms with Gasteiger partial charge in [-0.05, 0) is 38.1 Å². The molecule has 2 heterocycles. The van der Waals surface area contributed by atoms with Crippen molar-refractivity contribution >= 4 is 56.3 Å². The molecule has 41 heavy (non-hydrogen) atoms. The molecular formula is C27H34ClN7O5S. The first-order valence-electron chi connectivity index (χ1n) is 13.1. The number of methoxy groups -OCH3 is 1. The van der Waals surface area contributed by atoms with Crippen LogP contribution in [0.4, 0.5) is 33.6 Å². The van der Waals surface area contributed by atoms with Crippen LogP contribution in [0.1, 0.15) is 13.8 Å². The van der Waals surface area contributed by atoms with Crippen molar-refractivity contribution in [2.75, 3.05) is 62.5 Å². The van der Waals surface area contributed by atoms with Gasteiger partial charge >= 0.3 is 6.03 Å². The molecule has 2 aromatic carbocycles. The number of hydrogen-bond acceptors (Lipinski definition) is 10. The van der Waals surface area contributed by atoms with Gasteiger partial charge in [-0.15, -0.1) is 0 Å². The number of hydrogen-bond donors (Lipinski definition) is 4. The van der Waals surface area contributed by atoms with E-state index in [2.05, 4.69) is 36.1 Å². The molecule has 0 radical (unpaired) electrons. The Bertz CT molecular complexity index is 1470. The zero-order valence-corrected chi connectivity index (χ0v) is 24.7. The second kappa shape index (κ2) is 13.8. The molecule has 220 valence electrons. The number of para-hydroxylation sites is 1. The number of ether oxygens (including phenoxy) is 2. The second-order valence-corrected chi connectivity index (χ2v) is 12.4. The van der Waals surface area contributed by atoms with E-state index in [1.54, 1.807) is 50.2 Å². The summed E-state index contributed by atoms with van der Waals surface area (Å²) in [6, 6.07) is 11.4. The van der Waals surface area contributed by atoms with Crippen LogP contribution < -0.4 is 26.0 Å². The van der Waals surface area contributed by atoms with Crippen molar-refractivity contribution in [3.63, 3.8) is 0 Å². The van der Waals surface area contributed by atoms with Crippen LogP contribution in [0.2, 0.25) is 5.02 Å². The van der Waals surface area contributed by atoms with E-state index in [0.29, 0.717) is 42.6 Å². The number of carbonyl (C=O) groups is 1. The van der Waals surface area contributed by atoms with Gasteiger partial charge in [-0.2, -0.15) is 4.98 Å². The fourth-order valence-corrected chi connectivity index (χ4v) is 5.37. The highest BCUT2D eigenvalue weighted by Gasteiger charge is 2.23. The summed E-state index contributed by atoms with van der Waals surface area (Å²) in [7, 11) is -2.05. The molecule has 1 fully saturated rings. The van der Waals surface area contributed by atoms with Crippen molar-refractivity contribution in [2.24, 2.45) is 0 Å². The van der Waals surface area contributed by atoms with Gasteiger partial charge in [-0.1, -0.05) is 23.7 Å². The Hall–Kier alpha value is -3.65. The van der Waals surface area contributed by atoms with Crippen LogP contribution in [0, 0.1) is 0 Å². The third kappa shape index (κ3) is 7.97. The number of carbonyl (C=O) groups excluding carboxylic acids is 1. The van der Waals surface area contributed by atoms with Crippen molar-refractivity contribution in [3.05, 3.63) is 53.7 Å². The number of anilines is 5. The van der Waals surface area contributed by atoms with Crippen molar-refractivity contribution in [1.29, 1.82) is 0 Å². The summed E-state index contributed by atoms with van der Waals surface area (Å²) in [5.41, 5.74) is 1.43. The van der Waals surface area contributed by atoms with Gasteiger partial charge in [0.15, 0.2) is 15.7 Å². The molecule has 1 saturated heterocycles. The van der Waals surface area contributed by atoms with E-state index in [4.69, 9.17) is 21.1 Å². The van der Waals surface area contributed by atoms with Crippen LogP contribution >= 0.6 is 11.6 Å². The van der Waals surface area contributed by atoms with Gasteiger partial charge in [-0.25, -0.2) is 18.2 Å². The fraction of sp³-hybridized carbons (Fsp3) is 0.370. The fourth-order valence-electron chi connectivity index (χ4n) is 4.03. The maximum atomic E-state index is 12.9. The number of sulfone groups is 1. The largest absolute Gasteiger partial charge is 0.494 e. The average molecular weight is 604 g/mol. The SMILES string of the molecule is COc1cc(NC(=O)NCCN2CCOCC2)ccc1Nc1ncc(Cl)c(Nc2ccccc2S(=O)(=O)C(C)C)n1. The minimum atomic E-state index is -3.55. The van der Waals surface area contributed by atoms with E-state index < -0.39 is 15.1 Å². The van der Waals surface area contributed by atoms with Crippen molar-refractivity contribution in [1.82, 2.24) is 20.2 Å². The first-order valence-corrected chi connectivity index (χ1v) is 15.0. The predicted molar refractivity (Wildman–Crippen MR) is 160 cm³/mol. The highest BCUT2D eigenvalue weighted by atomic mass is 35.5. The number of morpholine rings is 1. The number of benzene rings is 2. The summed E-state index contributed by atoms with van der Waals surface area (Å²) < 4.78 is 36.5. The van der Waals surface area contributed by atoms with Gasteiger partial charge in [0.05, 0.1) is 48.0 Å². The first-order chi connectivity index (χ1) is 19.7. The topological polar surface area (TPSA) is 147 Å². The van der Waals surface area contributed by atoms with Gasteiger partial charge in [0.25, 0.3) is 0 Å². The van der Waals surface area contributed by atoms with Crippen LogP contribution in [0.25, 0.3) is 0 Å². The first kappa shape index (κ1) is 30.3. The molecule has 3 aromatic rings. The molecule has 1 aromatic heterocycles. The monoisotopic (exact) mass is 603 g/mol. The number of amides is 2. The van der Waals surface area contributed by atoms with E-state index >= 15 is 0 Å². The van der Waals surface area contributed by atoms with Crippen LogP contribution in [-0.4, -0.2) is 81.1 Å². The van der Waals surface area contributed by atoms with Gasteiger partial charge in [0, 0.05) is 37.9 Å². The number of rotatable bonds is 11. The Kier molecular flexibility index (Phi) is 10.2. The van der Waals surface area contributed by atoms with Crippen molar-refractivity contribution < 1.29 is 22.7 Å². The molecule has 0 atom stereocenters. The zero-order chi connectivity index (χ0) is 29.4. The third-order valence-electron chi connectivity index (χ3n) is 6.33. The molecule has 0 saturated carbocycles. The number of halogens is 1. The molecule has 0 unspecified atom stereocenters. The van der Waals surface area contributed by atoms with Crippen LogP contribution in [0.3, 0.4) is 0 Å².